The average molecular weight is 339 g/mol. The second-order valence-corrected chi connectivity index (χ2v) is 5.62. The highest BCUT2D eigenvalue weighted by Gasteiger charge is 2.27. The largest absolute Gasteiger partial charge is 0.344 e. The zero-order chi connectivity index (χ0) is 14.5. The Morgan fingerprint density at radius 1 is 1.40 bits per heavy atom. The summed E-state index contributed by atoms with van der Waals surface area (Å²) < 4.78 is 0.973. The SMILES string of the molecule is O=C1CCC(NC(=O)CCc2cccc(Br)c2)C(=O)N1. The molecule has 1 aromatic rings. The number of imide groups is 1. The maximum Gasteiger partial charge on any atom is 0.249 e. The van der Waals surface area contributed by atoms with E-state index >= 15 is 0 Å². The van der Waals surface area contributed by atoms with Crippen LogP contribution in [-0.4, -0.2) is 23.8 Å². The number of benzene rings is 1. The van der Waals surface area contributed by atoms with Gasteiger partial charge >= 0.3 is 0 Å². The summed E-state index contributed by atoms with van der Waals surface area (Å²) in [7, 11) is 0. The Hall–Kier alpha value is -1.69. The van der Waals surface area contributed by atoms with Crippen molar-refractivity contribution in [3.8, 4) is 0 Å². The van der Waals surface area contributed by atoms with Crippen molar-refractivity contribution in [3.63, 3.8) is 0 Å². The number of hydrogen-bond donors (Lipinski definition) is 2. The van der Waals surface area contributed by atoms with Crippen LogP contribution >= 0.6 is 15.9 Å². The van der Waals surface area contributed by atoms with E-state index in [1.165, 1.54) is 0 Å². The molecule has 1 aliphatic heterocycles. The number of nitrogens with one attached hydrogen (secondary N) is 2. The third-order valence-corrected chi connectivity index (χ3v) is 3.60. The van der Waals surface area contributed by atoms with Crippen LogP contribution in [0, 0.1) is 0 Å². The van der Waals surface area contributed by atoms with Crippen LogP contribution in [0.5, 0.6) is 0 Å². The van der Waals surface area contributed by atoms with Gasteiger partial charge in [-0.1, -0.05) is 28.1 Å². The van der Waals surface area contributed by atoms with Crippen LogP contribution in [-0.2, 0) is 20.8 Å². The first-order valence-corrected chi connectivity index (χ1v) is 7.21. The summed E-state index contributed by atoms with van der Waals surface area (Å²) in [6, 6.07) is 7.15. The van der Waals surface area contributed by atoms with Gasteiger partial charge in [0.05, 0.1) is 0 Å². The number of halogens is 1. The van der Waals surface area contributed by atoms with E-state index < -0.39 is 11.9 Å². The molecule has 0 bridgehead atoms. The molecule has 6 heteroatoms. The highest BCUT2D eigenvalue weighted by molar-refractivity contribution is 9.10. The lowest BCUT2D eigenvalue weighted by Crippen LogP contribution is -2.52. The third kappa shape index (κ3) is 4.16. The number of hydrogen-bond acceptors (Lipinski definition) is 3. The quantitative estimate of drug-likeness (QED) is 0.812. The lowest BCUT2D eigenvalue weighted by Gasteiger charge is -2.21. The van der Waals surface area contributed by atoms with Crippen LogP contribution in [0.25, 0.3) is 0 Å². The van der Waals surface area contributed by atoms with Crippen LogP contribution in [0.2, 0.25) is 0 Å². The number of piperidine rings is 1. The number of amides is 3. The molecule has 1 aromatic carbocycles. The van der Waals surface area contributed by atoms with Gasteiger partial charge in [-0.05, 0) is 30.5 Å². The molecule has 0 aliphatic carbocycles. The summed E-state index contributed by atoms with van der Waals surface area (Å²) in [6.45, 7) is 0. The molecule has 2 rings (SSSR count). The molecule has 1 unspecified atom stereocenters. The zero-order valence-corrected chi connectivity index (χ0v) is 12.4. The van der Waals surface area contributed by atoms with Crippen molar-refractivity contribution in [2.75, 3.05) is 0 Å². The fraction of sp³-hybridized carbons (Fsp3) is 0.357. The minimum Gasteiger partial charge on any atom is -0.344 e. The molecular weight excluding hydrogens is 324 g/mol. The standard InChI is InChI=1S/C14H15BrN2O3/c15-10-3-1-2-9(8-10)4-6-12(18)16-11-5-7-13(19)17-14(11)20/h1-3,8,11H,4-7H2,(H,16,18)(H,17,19,20). The normalized spacial score (nSPS) is 18.6. The Balaban J connectivity index is 1.81. The topological polar surface area (TPSA) is 75.3 Å². The monoisotopic (exact) mass is 338 g/mol. The maximum absolute atomic E-state index is 11.8. The van der Waals surface area contributed by atoms with Gasteiger partial charge in [0.2, 0.25) is 17.7 Å². The molecule has 3 amide bonds. The molecule has 0 aromatic heterocycles. The molecule has 5 nitrogen and oxygen atoms in total. The molecule has 1 fully saturated rings. The summed E-state index contributed by atoms with van der Waals surface area (Å²) in [5.41, 5.74) is 1.05. The van der Waals surface area contributed by atoms with Crippen molar-refractivity contribution in [1.29, 1.82) is 0 Å². The van der Waals surface area contributed by atoms with Crippen LogP contribution in [0.15, 0.2) is 28.7 Å². The summed E-state index contributed by atoms with van der Waals surface area (Å²) in [6.07, 6.45) is 1.56. The fourth-order valence-electron chi connectivity index (χ4n) is 2.05. The van der Waals surface area contributed by atoms with Crippen molar-refractivity contribution < 1.29 is 14.4 Å². The van der Waals surface area contributed by atoms with Crippen molar-refractivity contribution in [1.82, 2.24) is 10.6 Å². The lowest BCUT2D eigenvalue weighted by atomic mass is 10.1. The van der Waals surface area contributed by atoms with E-state index in [0.717, 1.165) is 10.0 Å². The molecule has 1 aliphatic rings. The van der Waals surface area contributed by atoms with Gasteiger partial charge in [-0.2, -0.15) is 0 Å². The van der Waals surface area contributed by atoms with E-state index in [4.69, 9.17) is 0 Å². The summed E-state index contributed by atoms with van der Waals surface area (Å²) in [5.74, 6) is -0.883. The number of rotatable bonds is 4. The second kappa shape index (κ2) is 6.65. The molecule has 1 atom stereocenters. The van der Waals surface area contributed by atoms with Crippen LogP contribution < -0.4 is 10.6 Å². The van der Waals surface area contributed by atoms with Crippen molar-refractivity contribution in [2.24, 2.45) is 0 Å². The van der Waals surface area contributed by atoms with Gasteiger partial charge < -0.3 is 5.32 Å². The first kappa shape index (κ1) is 14.7. The minimum absolute atomic E-state index is 0.181. The van der Waals surface area contributed by atoms with E-state index in [1.54, 1.807) is 0 Å². The third-order valence-electron chi connectivity index (χ3n) is 3.10. The highest BCUT2D eigenvalue weighted by Crippen LogP contribution is 2.13. The first-order chi connectivity index (χ1) is 9.54. The lowest BCUT2D eigenvalue weighted by molar-refractivity contribution is -0.137. The zero-order valence-electron chi connectivity index (χ0n) is 10.8. The molecule has 0 radical (unpaired) electrons. The Morgan fingerprint density at radius 2 is 2.20 bits per heavy atom. The maximum atomic E-state index is 11.8. The molecule has 106 valence electrons. The molecular formula is C14H15BrN2O3. The molecule has 1 heterocycles. The molecule has 0 saturated carbocycles. The predicted molar refractivity (Wildman–Crippen MR) is 76.8 cm³/mol. The number of carbonyl (C=O) groups is 3. The van der Waals surface area contributed by atoms with Gasteiger partial charge in [0.15, 0.2) is 0 Å². The number of aryl methyl sites for hydroxylation is 1. The van der Waals surface area contributed by atoms with Crippen molar-refractivity contribution in [3.05, 3.63) is 34.3 Å². The first-order valence-electron chi connectivity index (χ1n) is 6.42. The van der Waals surface area contributed by atoms with Crippen molar-refractivity contribution in [2.45, 2.75) is 31.7 Å². The Labute approximate surface area is 125 Å². The minimum atomic E-state index is -0.595. The molecule has 2 N–H and O–H groups in total. The second-order valence-electron chi connectivity index (χ2n) is 4.70. The molecule has 20 heavy (non-hydrogen) atoms. The fourth-order valence-corrected chi connectivity index (χ4v) is 2.49. The van der Waals surface area contributed by atoms with E-state index in [0.29, 0.717) is 19.3 Å². The smallest absolute Gasteiger partial charge is 0.249 e. The van der Waals surface area contributed by atoms with Gasteiger partial charge in [-0.25, -0.2) is 0 Å². The Morgan fingerprint density at radius 3 is 2.90 bits per heavy atom. The van der Waals surface area contributed by atoms with E-state index in [1.807, 2.05) is 24.3 Å². The van der Waals surface area contributed by atoms with E-state index in [2.05, 4.69) is 26.6 Å². The predicted octanol–water partition coefficient (Wildman–Crippen LogP) is 1.30. The van der Waals surface area contributed by atoms with Gasteiger partial charge in [-0.3, -0.25) is 19.7 Å². The molecule has 1 saturated heterocycles. The van der Waals surface area contributed by atoms with Crippen LogP contribution in [0.1, 0.15) is 24.8 Å². The average Bonchev–Trinajstić information content (AvgIpc) is 2.40. The van der Waals surface area contributed by atoms with Gasteiger partial charge in [-0.15, -0.1) is 0 Å². The highest BCUT2D eigenvalue weighted by atomic mass is 79.9. The van der Waals surface area contributed by atoms with Gasteiger partial charge in [0.1, 0.15) is 6.04 Å². The summed E-state index contributed by atoms with van der Waals surface area (Å²) in [4.78, 5) is 34.3. The van der Waals surface area contributed by atoms with Gasteiger partial charge in [0.25, 0.3) is 0 Å². The van der Waals surface area contributed by atoms with E-state index in [9.17, 15) is 14.4 Å². The number of carbonyl (C=O) groups excluding carboxylic acids is 3. The summed E-state index contributed by atoms with van der Waals surface area (Å²) >= 11 is 3.38. The Kier molecular flexibility index (Phi) is 4.89. The van der Waals surface area contributed by atoms with E-state index in [-0.39, 0.29) is 18.2 Å². The molecule has 0 spiro atoms. The van der Waals surface area contributed by atoms with Gasteiger partial charge in [0, 0.05) is 17.3 Å². The van der Waals surface area contributed by atoms with Crippen molar-refractivity contribution >= 4 is 33.7 Å². The Bertz CT molecular complexity index is 545. The van der Waals surface area contributed by atoms with Crippen LogP contribution in [0.4, 0.5) is 0 Å². The summed E-state index contributed by atoms with van der Waals surface area (Å²) in [5, 5.41) is 4.88. The van der Waals surface area contributed by atoms with Crippen LogP contribution in [0.3, 0.4) is 0 Å².